The SMILES string of the molecule is CCC1c2c(Cl)c(Cl)c(Cl)c(Cl)c2O[Si]1(C)C. The summed E-state index contributed by atoms with van der Waals surface area (Å²) in [6.07, 6.45) is 0.959. The lowest BCUT2D eigenvalue weighted by Gasteiger charge is -2.22. The molecule has 0 saturated carbocycles. The summed E-state index contributed by atoms with van der Waals surface area (Å²) >= 11 is 24.6. The van der Waals surface area contributed by atoms with Crippen LogP contribution in [0.15, 0.2) is 0 Å². The summed E-state index contributed by atoms with van der Waals surface area (Å²) in [7, 11) is -1.87. The van der Waals surface area contributed by atoms with Crippen LogP contribution in [-0.2, 0) is 0 Å². The second-order valence-corrected chi connectivity index (χ2v) is 10.3. The standard InChI is InChI=1S/C11H12Cl4OSi/c1-4-5-6-7(12)8(13)9(14)10(15)11(6)16-17(5,2)3/h5H,4H2,1-3H3. The largest absolute Gasteiger partial charge is 0.542 e. The van der Waals surface area contributed by atoms with Crippen LogP contribution in [0.4, 0.5) is 0 Å². The van der Waals surface area contributed by atoms with Crippen LogP contribution in [0.3, 0.4) is 0 Å². The maximum atomic E-state index is 6.28. The summed E-state index contributed by atoms with van der Waals surface area (Å²) in [6, 6.07) is 0. The van der Waals surface area contributed by atoms with Gasteiger partial charge in [-0.05, 0) is 19.5 Å². The summed E-state index contributed by atoms with van der Waals surface area (Å²) in [6.45, 7) is 6.41. The zero-order valence-electron chi connectivity index (χ0n) is 9.70. The molecule has 1 unspecified atom stereocenters. The fraction of sp³-hybridized carbons (Fsp3) is 0.455. The van der Waals surface area contributed by atoms with Crippen molar-refractivity contribution in [3.63, 3.8) is 0 Å². The van der Waals surface area contributed by atoms with Crippen LogP contribution < -0.4 is 4.43 Å². The molecule has 1 aliphatic heterocycles. The molecule has 1 heterocycles. The Morgan fingerprint density at radius 3 is 2.06 bits per heavy atom. The first-order valence-electron chi connectivity index (χ1n) is 5.36. The van der Waals surface area contributed by atoms with Crippen molar-refractivity contribution in [1.82, 2.24) is 0 Å². The predicted octanol–water partition coefficient (Wildman–Crippen LogP) is 5.93. The van der Waals surface area contributed by atoms with Crippen molar-refractivity contribution in [3.8, 4) is 5.75 Å². The molecule has 0 fully saturated rings. The van der Waals surface area contributed by atoms with Crippen LogP contribution in [0.2, 0.25) is 33.2 Å². The second kappa shape index (κ2) is 4.50. The molecule has 1 aromatic carbocycles. The molecule has 17 heavy (non-hydrogen) atoms. The Labute approximate surface area is 122 Å². The first-order chi connectivity index (χ1) is 7.81. The van der Waals surface area contributed by atoms with Gasteiger partial charge in [0.1, 0.15) is 10.8 Å². The van der Waals surface area contributed by atoms with E-state index in [9.17, 15) is 0 Å². The van der Waals surface area contributed by atoms with Crippen LogP contribution >= 0.6 is 46.4 Å². The van der Waals surface area contributed by atoms with E-state index in [0.29, 0.717) is 26.4 Å². The Hall–Kier alpha value is 0.397. The Morgan fingerprint density at radius 1 is 1.00 bits per heavy atom. The lowest BCUT2D eigenvalue weighted by molar-refractivity contribution is 0.564. The van der Waals surface area contributed by atoms with Crippen molar-refractivity contribution in [1.29, 1.82) is 0 Å². The molecule has 94 valence electrons. The topological polar surface area (TPSA) is 9.23 Å². The maximum absolute atomic E-state index is 6.28. The molecule has 0 aliphatic carbocycles. The predicted molar refractivity (Wildman–Crippen MR) is 77.6 cm³/mol. The molecule has 0 aromatic heterocycles. The minimum Gasteiger partial charge on any atom is -0.542 e. The molecular formula is C11H12Cl4OSi. The van der Waals surface area contributed by atoms with E-state index >= 15 is 0 Å². The van der Waals surface area contributed by atoms with Gasteiger partial charge in [-0.3, -0.25) is 0 Å². The van der Waals surface area contributed by atoms with E-state index in [1.54, 1.807) is 0 Å². The average molecular weight is 330 g/mol. The maximum Gasteiger partial charge on any atom is 0.252 e. The smallest absolute Gasteiger partial charge is 0.252 e. The average Bonchev–Trinajstić information content (AvgIpc) is 2.54. The highest BCUT2D eigenvalue weighted by Crippen LogP contribution is 2.55. The molecule has 6 heteroatoms. The van der Waals surface area contributed by atoms with Gasteiger partial charge in [-0.25, -0.2) is 0 Å². The van der Waals surface area contributed by atoms with Gasteiger partial charge in [-0.2, -0.15) is 0 Å². The number of benzene rings is 1. The molecular weight excluding hydrogens is 318 g/mol. The van der Waals surface area contributed by atoms with Crippen LogP contribution in [0.25, 0.3) is 0 Å². The van der Waals surface area contributed by atoms with Gasteiger partial charge in [0.05, 0.1) is 15.1 Å². The van der Waals surface area contributed by atoms with Crippen LogP contribution in [0.1, 0.15) is 24.4 Å². The van der Waals surface area contributed by atoms with Crippen molar-refractivity contribution in [2.24, 2.45) is 0 Å². The highest BCUT2D eigenvalue weighted by atomic mass is 35.5. The van der Waals surface area contributed by atoms with Gasteiger partial charge in [0.15, 0.2) is 0 Å². The van der Waals surface area contributed by atoms with Gasteiger partial charge in [0.25, 0.3) is 8.32 Å². The Morgan fingerprint density at radius 2 is 1.53 bits per heavy atom. The lowest BCUT2D eigenvalue weighted by Crippen LogP contribution is -2.36. The number of rotatable bonds is 1. The zero-order chi connectivity index (χ0) is 13.0. The Kier molecular flexibility index (Phi) is 3.66. The minimum absolute atomic E-state index is 0.277. The van der Waals surface area contributed by atoms with E-state index in [4.69, 9.17) is 50.8 Å². The van der Waals surface area contributed by atoms with Gasteiger partial charge in [-0.1, -0.05) is 53.3 Å². The number of hydrogen-bond donors (Lipinski definition) is 0. The molecule has 0 bridgehead atoms. The fourth-order valence-corrected chi connectivity index (χ4v) is 6.43. The van der Waals surface area contributed by atoms with Crippen molar-refractivity contribution < 1.29 is 4.43 Å². The molecule has 0 saturated heterocycles. The summed E-state index contributed by atoms with van der Waals surface area (Å²) in [5.74, 6) is 0.634. The Bertz CT molecular complexity index is 487. The van der Waals surface area contributed by atoms with Crippen molar-refractivity contribution in [3.05, 3.63) is 25.7 Å². The van der Waals surface area contributed by atoms with E-state index in [0.717, 1.165) is 12.0 Å². The third-order valence-electron chi connectivity index (χ3n) is 3.22. The zero-order valence-corrected chi connectivity index (χ0v) is 13.7. The number of hydrogen-bond acceptors (Lipinski definition) is 1. The van der Waals surface area contributed by atoms with Gasteiger partial charge in [-0.15, -0.1) is 0 Å². The molecule has 1 aliphatic rings. The highest BCUT2D eigenvalue weighted by molar-refractivity contribution is 6.75. The first kappa shape index (κ1) is 13.8. The Balaban J connectivity index is 2.75. The highest BCUT2D eigenvalue weighted by Gasteiger charge is 2.46. The van der Waals surface area contributed by atoms with Gasteiger partial charge in [0, 0.05) is 11.1 Å². The molecule has 0 N–H and O–H groups in total. The molecule has 0 amide bonds. The van der Waals surface area contributed by atoms with Gasteiger partial charge in [0.2, 0.25) is 0 Å². The monoisotopic (exact) mass is 328 g/mol. The van der Waals surface area contributed by atoms with Crippen molar-refractivity contribution >= 4 is 54.7 Å². The van der Waals surface area contributed by atoms with E-state index in [2.05, 4.69) is 20.0 Å². The third kappa shape index (κ3) is 1.98. The molecule has 1 aromatic rings. The number of halogens is 4. The molecule has 1 nitrogen and oxygen atoms in total. The second-order valence-electron chi connectivity index (χ2n) is 4.67. The third-order valence-corrected chi connectivity index (χ3v) is 8.12. The summed E-state index contributed by atoms with van der Waals surface area (Å²) in [5, 5.41) is 1.47. The molecule has 2 rings (SSSR count). The van der Waals surface area contributed by atoms with E-state index < -0.39 is 8.32 Å². The summed E-state index contributed by atoms with van der Waals surface area (Å²) in [4.78, 5) is 0. The molecule has 0 spiro atoms. The van der Waals surface area contributed by atoms with E-state index in [-0.39, 0.29) is 5.02 Å². The summed E-state index contributed by atoms with van der Waals surface area (Å²) in [5.41, 5.74) is 1.24. The van der Waals surface area contributed by atoms with E-state index in [1.165, 1.54) is 0 Å². The fourth-order valence-electron chi connectivity index (χ4n) is 2.42. The number of fused-ring (bicyclic) bond motifs is 1. The summed E-state index contributed by atoms with van der Waals surface area (Å²) < 4.78 is 6.02. The van der Waals surface area contributed by atoms with Crippen LogP contribution in [0, 0.1) is 0 Å². The van der Waals surface area contributed by atoms with Crippen LogP contribution in [-0.4, -0.2) is 8.32 Å². The van der Waals surface area contributed by atoms with Gasteiger partial charge < -0.3 is 4.43 Å². The van der Waals surface area contributed by atoms with E-state index in [1.807, 2.05) is 0 Å². The lowest BCUT2D eigenvalue weighted by atomic mass is 10.1. The molecule has 1 atom stereocenters. The van der Waals surface area contributed by atoms with Crippen LogP contribution in [0.5, 0.6) is 5.75 Å². The van der Waals surface area contributed by atoms with Crippen molar-refractivity contribution in [2.45, 2.75) is 32.0 Å². The molecule has 0 radical (unpaired) electrons. The first-order valence-corrected chi connectivity index (χ1v) is 9.85. The van der Waals surface area contributed by atoms with Gasteiger partial charge >= 0.3 is 0 Å². The van der Waals surface area contributed by atoms with Crippen molar-refractivity contribution in [2.75, 3.05) is 0 Å². The quantitative estimate of drug-likeness (QED) is 0.352. The minimum atomic E-state index is -1.87. The normalized spacial score (nSPS) is 21.2.